The molecule has 0 heteroatoms. The van der Waals surface area contributed by atoms with E-state index < -0.39 is 0 Å². The van der Waals surface area contributed by atoms with Gasteiger partial charge in [0.15, 0.2) is 0 Å². The monoisotopic (exact) mass is 166 g/mol. The van der Waals surface area contributed by atoms with Gasteiger partial charge in [-0.3, -0.25) is 0 Å². The van der Waals surface area contributed by atoms with E-state index in [1.54, 1.807) is 32.1 Å². The minimum atomic E-state index is 1.08. The highest BCUT2D eigenvalue weighted by Gasteiger charge is 2.28. The van der Waals surface area contributed by atoms with E-state index in [0.29, 0.717) is 0 Å². The third kappa shape index (κ3) is 1.84. The van der Waals surface area contributed by atoms with Gasteiger partial charge in [-0.25, -0.2) is 0 Å². The minimum Gasteiger partial charge on any atom is -0.0651 e. The fraction of sp³-hybridized carbons (Fsp3) is 1.00. The number of rotatable bonds is 1. The Morgan fingerprint density at radius 1 is 0.917 bits per heavy atom. The van der Waals surface area contributed by atoms with Crippen LogP contribution in [0, 0.1) is 17.8 Å². The Bertz CT molecular complexity index is 139. The van der Waals surface area contributed by atoms with Gasteiger partial charge in [-0.1, -0.05) is 45.4 Å². The van der Waals surface area contributed by atoms with Crippen molar-refractivity contribution in [3.8, 4) is 0 Å². The predicted molar refractivity (Wildman–Crippen MR) is 53.1 cm³/mol. The molecule has 0 amide bonds. The summed E-state index contributed by atoms with van der Waals surface area (Å²) in [4.78, 5) is 0. The summed E-state index contributed by atoms with van der Waals surface area (Å²) in [6.45, 7) is 2.37. The maximum atomic E-state index is 2.37. The third-order valence-electron chi connectivity index (χ3n) is 4.12. The van der Waals surface area contributed by atoms with E-state index in [1.807, 2.05) is 0 Å². The molecule has 0 nitrogen and oxygen atoms in total. The van der Waals surface area contributed by atoms with Crippen LogP contribution in [0.2, 0.25) is 0 Å². The van der Waals surface area contributed by atoms with Gasteiger partial charge < -0.3 is 0 Å². The summed E-state index contributed by atoms with van der Waals surface area (Å²) in [6.07, 6.45) is 12.3. The summed E-state index contributed by atoms with van der Waals surface area (Å²) in [5.41, 5.74) is 0. The molecule has 12 heavy (non-hydrogen) atoms. The van der Waals surface area contributed by atoms with Crippen LogP contribution in [0.3, 0.4) is 0 Å². The van der Waals surface area contributed by atoms with Gasteiger partial charge in [-0.05, 0) is 30.6 Å². The molecule has 2 rings (SSSR count). The Balaban J connectivity index is 1.92. The molecular weight excluding hydrogens is 144 g/mol. The Morgan fingerprint density at radius 3 is 2.58 bits per heavy atom. The summed E-state index contributed by atoms with van der Waals surface area (Å²) in [5, 5.41) is 0. The van der Waals surface area contributed by atoms with Crippen LogP contribution in [0.4, 0.5) is 0 Å². The quantitative estimate of drug-likeness (QED) is 0.552. The molecule has 0 heterocycles. The van der Waals surface area contributed by atoms with Crippen molar-refractivity contribution in [1.82, 2.24) is 0 Å². The molecule has 0 N–H and O–H groups in total. The molecule has 3 atom stereocenters. The number of hydrogen-bond acceptors (Lipinski definition) is 0. The van der Waals surface area contributed by atoms with Crippen LogP contribution >= 0.6 is 0 Å². The standard InChI is InChI=1S/C12H22/c1-2-10-4-3-5-11-6-7-12(8-10)9-11/h10-12H,2-9H2,1H3. The van der Waals surface area contributed by atoms with Crippen molar-refractivity contribution >= 4 is 0 Å². The van der Waals surface area contributed by atoms with Gasteiger partial charge in [0.1, 0.15) is 0 Å². The fourth-order valence-corrected chi connectivity index (χ4v) is 3.31. The van der Waals surface area contributed by atoms with Crippen molar-refractivity contribution in [2.24, 2.45) is 17.8 Å². The van der Waals surface area contributed by atoms with E-state index in [9.17, 15) is 0 Å². The SMILES string of the molecule is CCC1CCCC2CCC(C1)C2. The maximum absolute atomic E-state index is 2.37. The van der Waals surface area contributed by atoms with Gasteiger partial charge in [0.25, 0.3) is 0 Å². The van der Waals surface area contributed by atoms with Crippen molar-refractivity contribution in [2.45, 2.75) is 58.3 Å². The van der Waals surface area contributed by atoms with E-state index >= 15 is 0 Å². The normalized spacial score (nSPS) is 42.2. The lowest BCUT2D eigenvalue weighted by Crippen LogP contribution is -2.09. The maximum Gasteiger partial charge on any atom is -0.0409 e. The molecule has 2 aliphatic carbocycles. The first-order chi connectivity index (χ1) is 5.88. The van der Waals surface area contributed by atoms with Crippen molar-refractivity contribution in [2.75, 3.05) is 0 Å². The molecule has 70 valence electrons. The molecule has 0 aromatic heterocycles. The second-order valence-corrected chi connectivity index (χ2v) is 4.99. The summed E-state index contributed by atoms with van der Waals surface area (Å²) < 4.78 is 0. The molecular formula is C12H22. The van der Waals surface area contributed by atoms with Crippen LogP contribution in [0.15, 0.2) is 0 Å². The van der Waals surface area contributed by atoms with Crippen LogP contribution in [0.1, 0.15) is 58.3 Å². The largest absolute Gasteiger partial charge is 0.0651 e. The lowest BCUT2D eigenvalue weighted by molar-refractivity contribution is 0.297. The number of hydrogen-bond donors (Lipinski definition) is 0. The van der Waals surface area contributed by atoms with Gasteiger partial charge in [0.05, 0.1) is 0 Å². The van der Waals surface area contributed by atoms with E-state index in [0.717, 1.165) is 17.8 Å². The first-order valence-corrected chi connectivity index (χ1v) is 5.88. The van der Waals surface area contributed by atoms with Gasteiger partial charge in [-0.15, -0.1) is 0 Å². The van der Waals surface area contributed by atoms with Crippen LogP contribution in [0.25, 0.3) is 0 Å². The Labute approximate surface area is 76.7 Å². The molecule has 2 saturated carbocycles. The first kappa shape index (κ1) is 8.59. The second-order valence-electron chi connectivity index (χ2n) is 4.99. The van der Waals surface area contributed by atoms with Crippen molar-refractivity contribution in [1.29, 1.82) is 0 Å². The van der Waals surface area contributed by atoms with Crippen molar-refractivity contribution in [3.05, 3.63) is 0 Å². The highest BCUT2D eigenvalue weighted by Crippen LogP contribution is 2.41. The van der Waals surface area contributed by atoms with E-state index in [-0.39, 0.29) is 0 Å². The zero-order chi connectivity index (χ0) is 8.39. The van der Waals surface area contributed by atoms with Crippen LogP contribution in [-0.2, 0) is 0 Å². The average molecular weight is 166 g/mol. The lowest BCUT2D eigenvalue weighted by Gasteiger charge is -2.22. The van der Waals surface area contributed by atoms with Crippen LogP contribution in [0.5, 0.6) is 0 Å². The number of fused-ring (bicyclic) bond motifs is 2. The fourth-order valence-electron chi connectivity index (χ4n) is 3.31. The Hall–Kier alpha value is 0. The van der Waals surface area contributed by atoms with Gasteiger partial charge in [-0.2, -0.15) is 0 Å². The molecule has 3 unspecified atom stereocenters. The van der Waals surface area contributed by atoms with Gasteiger partial charge in [0.2, 0.25) is 0 Å². The molecule has 0 spiro atoms. The van der Waals surface area contributed by atoms with E-state index in [4.69, 9.17) is 0 Å². The Morgan fingerprint density at radius 2 is 1.75 bits per heavy atom. The Kier molecular flexibility index (Phi) is 2.73. The smallest absolute Gasteiger partial charge is 0.0409 e. The summed E-state index contributed by atoms with van der Waals surface area (Å²) in [6, 6.07) is 0. The zero-order valence-corrected chi connectivity index (χ0v) is 8.39. The molecule has 2 aliphatic rings. The van der Waals surface area contributed by atoms with E-state index in [1.165, 1.54) is 19.3 Å². The summed E-state index contributed by atoms with van der Waals surface area (Å²) in [7, 11) is 0. The third-order valence-corrected chi connectivity index (χ3v) is 4.12. The molecule has 0 aliphatic heterocycles. The van der Waals surface area contributed by atoms with E-state index in [2.05, 4.69) is 6.92 Å². The molecule has 2 fully saturated rings. The molecule has 2 bridgehead atoms. The molecule has 0 radical (unpaired) electrons. The zero-order valence-electron chi connectivity index (χ0n) is 8.39. The second kappa shape index (κ2) is 3.81. The van der Waals surface area contributed by atoms with Gasteiger partial charge >= 0.3 is 0 Å². The first-order valence-electron chi connectivity index (χ1n) is 5.88. The average Bonchev–Trinajstić information content (AvgIpc) is 2.48. The molecule has 0 aromatic carbocycles. The molecule has 0 saturated heterocycles. The predicted octanol–water partition coefficient (Wildman–Crippen LogP) is 4.00. The van der Waals surface area contributed by atoms with Crippen LogP contribution < -0.4 is 0 Å². The summed E-state index contributed by atoms with van der Waals surface area (Å²) >= 11 is 0. The highest BCUT2D eigenvalue weighted by molar-refractivity contribution is 4.80. The van der Waals surface area contributed by atoms with Crippen molar-refractivity contribution in [3.63, 3.8) is 0 Å². The van der Waals surface area contributed by atoms with Crippen LogP contribution in [-0.4, -0.2) is 0 Å². The summed E-state index contributed by atoms with van der Waals surface area (Å²) in [5.74, 6) is 3.34. The minimum absolute atomic E-state index is 1.08. The highest BCUT2D eigenvalue weighted by atomic mass is 14.3. The lowest BCUT2D eigenvalue weighted by atomic mass is 9.84. The molecule has 0 aromatic rings. The van der Waals surface area contributed by atoms with Crippen molar-refractivity contribution < 1.29 is 0 Å². The topological polar surface area (TPSA) is 0 Å². The van der Waals surface area contributed by atoms with Gasteiger partial charge in [0, 0.05) is 0 Å².